The predicted octanol–water partition coefficient (Wildman–Crippen LogP) is 0.915. The number of phenols is 1. The molecule has 3 amide bonds. The van der Waals surface area contributed by atoms with Crippen molar-refractivity contribution in [2.24, 2.45) is 0 Å². The minimum atomic E-state index is -0.772. The van der Waals surface area contributed by atoms with Gasteiger partial charge in [-0.3, -0.25) is 19.8 Å². The lowest BCUT2D eigenvalue weighted by atomic mass is 10.1. The fraction of sp³-hybridized carbons (Fsp3) is 0. The highest BCUT2D eigenvalue weighted by Gasteiger charge is 2.38. The number of nitrogens with zero attached hydrogens (tertiary/aromatic N) is 1. The van der Waals surface area contributed by atoms with Crippen LogP contribution in [0.15, 0.2) is 42.5 Å². The number of carbonyl (C=O) groups is 3. The third-order valence-electron chi connectivity index (χ3n) is 3.31. The molecule has 0 aliphatic carbocycles. The summed E-state index contributed by atoms with van der Waals surface area (Å²) in [5.41, 5.74) is 8.19. The zero-order valence-electron chi connectivity index (χ0n) is 11.2. The van der Waals surface area contributed by atoms with Gasteiger partial charge in [-0.05, 0) is 24.3 Å². The van der Waals surface area contributed by atoms with E-state index in [2.05, 4.69) is 5.43 Å². The number of aromatic hydroxyl groups is 1. The molecule has 0 saturated heterocycles. The number of rotatable bonds is 2. The number of benzene rings is 2. The summed E-state index contributed by atoms with van der Waals surface area (Å²) in [7, 11) is 0. The Morgan fingerprint density at radius 2 is 1.77 bits per heavy atom. The van der Waals surface area contributed by atoms with Crippen LogP contribution in [-0.2, 0) is 0 Å². The Hall–Kier alpha value is -3.35. The Bertz CT molecular complexity index is 816. The maximum Gasteiger partial charge on any atom is 0.282 e. The van der Waals surface area contributed by atoms with Gasteiger partial charge in [0.15, 0.2) is 0 Å². The van der Waals surface area contributed by atoms with Crippen LogP contribution in [0, 0.1) is 0 Å². The molecular weight excluding hydrogens is 286 g/mol. The maximum absolute atomic E-state index is 12.2. The van der Waals surface area contributed by atoms with Crippen molar-refractivity contribution in [3.8, 4) is 5.75 Å². The Kier molecular flexibility index (Phi) is 3.03. The average molecular weight is 297 g/mol. The van der Waals surface area contributed by atoms with Gasteiger partial charge in [0, 0.05) is 5.69 Å². The first-order chi connectivity index (χ1) is 10.5. The second-order valence-corrected chi connectivity index (χ2v) is 4.67. The lowest BCUT2D eigenvalue weighted by Gasteiger charge is -2.15. The third kappa shape index (κ3) is 1.96. The molecule has 0 radical (unpaired) electrons. The van der Waals surface area contributed by atoms with Crippen molar-refractivity contribution >= 4 is 23.4 Å². The molecule has 7 heteroatoms. The number of carbonyl (C=O) groups excluding carboxylic acids is 3. The van der Waals surface area contributed by atoms with Crippen LogP contribution in [0.25, 0.3) is 0 Å². The van der Waals surface area contributed by atoms with Crippen molar-refractivity contribution in [1.82, 2.24) is 10.4 Å². The fourth-order valence-electron chi connectivity index (χ4n) is 2.24. The number of anilines is 1. The molecule has 7 nitrogen and oxygen atoms in total. The van der Waals surface area contributed by atoms with Gasteiger partial charge in [-0.15, -0.1) is 0 Å². The molecule has 22 heavy (non-hydrogen) atoms. The summed E-state index contributed by atoms with van der Waals surface area (Å²) < 4.78 is 0. The van der Waals surface area contributed by atoms with Crippen LogP contribution in [-0.4, -0.2) is 27.8 Å². The molecule has 110 valence electrons. The van der Waals surface area contributed by atoms with E-state index in [1.165, 1.54) is 24.3 Å². The summed E-state index contributed by atoms with van der Waals surface area (Å²) >= 11 is 0. The van der Waals surface area contributed by atoms with Crippen LogP contribution in [0.1, 0.15) is 31.1 Å². The number of fused-ring (bicyclic) bond motifs is 1. The van der Waals surface area contributed by atoms with E-state index in [9.17, 15) is 19.5 Å². The minimum Gasteiger partial charge on any atom is -0.507 e. The lowest BCUT2D eigenvalue weighted by Crippen LogP contribution is -2.45. The van der Waals surface area contributed by atoms with Gasteiger partial charge in [-0.1, -0.05) is 18.2 Å². The number of phenolic OH excluding ortho intramolecular Hbond substituents is 1. The van der Waals surface area contributed by atoms with Crippen LogP contribution < -0.4 is 11.2 Å². The molecule has 0 bridgehead atoms. The van der Waals surface area contributed by atoms with E-state index in [0.717, 1.165) is 0 Å². The maximum atomic E-state index is 12.2. The third-order valence-corrected chi connectivity index (χ3v) is 3.31. The van der Waals surface area contributed by atoms with E-state index in [0.29, 0.717) is 5.01 Å². The molecule has 0 fully saturated rings. The van der Waals surface area contributed by atoms with Crippen LogP contribution in [0.3, 0.4) is 0 Å². The predicted molar refractivity (Wildman–Crippen MR) is 76.9 cm³/mol. The van der Waals surface area contributed by atoms with Gasteiger partial charge in [-0.25, -0.2) is 0 Å². The number of para-hydroxylation sites is 1. The lowest BCUT2D eigenvalue weighted by molar-refractivity contribution is 0.0517. The SMILES string of the molecule is Nc1cccc2c1C(=O)N(NC(=O)c1ccccc1O)C2=O. The molecule has 2 aromatic rings. The molecule has 2 aromatic carbocycles. The molecule has 4 N–H and O–H groups in total. The van der Waals surface area contributed by atoms with E-state index in [4.69, 9.17) is 5.73 Å². The van der Waals surface area contributed by atoms with Gasteiger partial charge in [0.25, 0.3) is 17.7 Å². The van der Waals surface area contributed by atoms with Gasteiger partial charge < -0.3 is 10.8 Å². The highest BCUT2D eigenvalue weighted by Crippen LogP contribution is 2.26. The monoisotopic (exact) mass is 297 g/mol. The first-order valence-electron chi connectivity index (χ1n) is 6.37. The number of amides is 3. The summed E-state index contributed by atoms with van der Waals surface area (Å²) in [5.74, 6) is -2.40. The largest absolute Gasteiger partial charge is 0.507 e. The molecular formula is C15H11N3O4. The molecule has 0 atom stereocenters. The van der Waals surface area contributed by atoms with Gasteiger partial charge in [-0.2, -0.15) is 5.01 Å². The smallest absolute Gasteiger partial charge is 0.282 e. The number of hydrogen-bond donors (Lipinski definition) is 3. The summed E-state index contributed by atoms with van der Waals surface area (Å²) in [4.78, 5) is 36.5. The zero-order chi connectivity index (χ0) is 15.9. The van der Waals surface area contributed by atoms with Crippen molar-refractivity contribution < 1.29 is 19.5 Å². The van der Waals surface area contributed by atoms with Crippen LogP contribution in [0.5, 0.6) is 5.75 Å². The molecule has 0 spiro atoms. The first kappa shape index (κ1) is 13.6. The normalized spacial score (nSPS) is 13.2. The van der Waals surface area contributed by atoms with Crippen molar-refractivity contribution in [2.45, 2.75) is 0 Å². The Labute approximate surface area is 124 Å². The number of hydrogen-bond acceptors (Lipinski definition) is 5. The van der Waals surface area contributed by atoms with E-state index >= 15 is 0 Å². The van der Waals surface area contributed by atoms with Crippen molar-refractivity contribution in [1.29, 1.82) is 0 Å². The summed E-state index contributed by atoms with van der Waals surface area (Å²) in [5, 5.41) is 10.2. The van der Waals surface area contributed by atoms with Gasteiger partial charge in [0.05, 0.1) is 16.7 Å². The molecule has 1 heterocycles. The second-order valence-electron chi connectivity index (χ2n) is 4.67. The van der Waals surface area contributed by atoms with Gasteiger partial charge in [0.1, 0.15) is 5.75 Å². The molecule has 0 aromatic heterocycles. The number of hydrazine groups is 1. The summed E-state index contributed by atoms with van der Waals surface area (Å²) in [6.45, 7) is 0. The number of nitrogen functional groups attached to an aromatic ring is 1. The van der Waals surface area contributed by atoms with E-state index in [1.54, 1.807) is 18.2 Å². The van der Waals surface area contributed by atoms with E-state index in [1.807, 2.05) is 0 Å². The zero-order valence-corrected chi connectivity index (χ0v) is 11.2. The quantitative estimate of drug-likeness (QED) is 0.563. The first-order valence-corrected chi connectivity index (χ1v) is 6.37. The standard InChI is InChI=1S/C15H11N3O4/c16-10-6-3-5-9-12(10)15(22)18(14(9)21)17-13(20)8-4-1-2-7-11(8)19/h1-7,19H,16H2,(H,17,20). The van der Waals surface area contributed by atoms with Crippen molar-refractivity contribution in [2.75, 3.05) is 5.73 Å². The fourth-order valence-corrected chi connectivity index (χ4v) is 2.24. The Morgan fingerprint density at radius 1 is 1.05 bits per heavy atom. The summed E-state index contributed by atoms with van der Waals surface area (Å²) in [6.07, 6.45) is 0. The second kappa shape index (κ2) is 4.88. The molecule has 3 rings (SSSR count). The average Bonchev–Trinajstić information content (AvgIpc) is 2.74. The highest BCUT2D eigenvalue weighted by atomic mass is 16.3. The number of nitrogens with two attached hydrogens (primary N) is 1. The van der Waals surface area contributed by atoms with Crippen LogP contribution >= 0.6 is 0 Å². The Balaban J connectivity index is 1.91. The molecule has 1 aliphatic rings. The summed E-state index contributed by atoms with van der Waals surface area (Å²) in [6, 6.07) is 10.3. The van der Waals surface area contributed by atoms with Crippen LogP contribution in [0.2, 0.25) is 0 Å². The minimum absolute atomic E-state index is 0.0490. The van der Waals surface area contributed by atoms with Gasteiger partial charge >= 0.3 is 0 Å². The van der Waals surface area contributed by atoms with Crippen LogP contribution in [0.4, 0.5) is 5.69 Å². The van der Waals surface area contributed by atoms with E-state index < -0.39 is 17.7 Å². The highest BCUT2D eigenvalue weighted by molar-refractivity contribution is 6.24. The molecule has 0 saturated carbocycles. The number of nitrogens with one attached hydrogen (secondary N) is 1. The topological polar surface area (TPSA) is 113 Å². The number of imide groups is 1. The van der Waals surface area contributed by atoms with Crippen molar-refractivity contribution in [3.63, 3.8) is 0 Å². The molecule has 0 unspecified atom stereocenters. The van der Waals surface area contributed by atoms with Gasteiger partial charge in [0.2, 0.25) is 0 Å². The Morgan fingerprint density at radius 3 is 2.45 bits per heavy atom. The van der Waals surface area contributed by atoms with E-state index in [-0.39, 0.29) is 28.1 Å². The molecule has 1 aliphatic heterocycles. The van der Waals surface area contributed by atoms with Crippen molar-refractivity contribution in [3.05, 3.63) is 59.2 Å².